The first-order valence-corrected chi connectivity index (χ1v) is 28.5. The fourth-order valence-corrected chi connectivity index (χ4v) is 9.09. The molecule has 0 aromatic carbocycles. The zero-order valence-corrected chi connectivity index (χ0v) is 42.1. The summed E-state index contributed by atoms with van der Waals surface area (Å²) < 4.78 is 5.50. The van der Waals surface area contributed by atoms with Gasteiger partial charge < -0.3 is 4.74 Å². The van der Waals surface area contributed by atoms with Crippen LogP contribution in [0.1, 0.15) is 342 Å². The Hall–Kier alpha value is -0.790. The van der Waals surface area contributed by atoms with Crippen LogP contribution in [0.25, 0.3) is 0 Å². The highest BCUT2D eigenvalue weighted by atomic mass is 16.5. The first-order chi connectivity index (χ1) is 29.7. The summed E-state index contributed by atoms with van der Waals surface area (Å²) in [7, 11) is 0. The quantitative estimate of drug-likeness (QED) is 0.0346. The Bertz CT molecular complexity index is 801. The van der Waals surface area contributed by atoms with E-state index in [0.717, 1.165) is 18.8 Å². The van der Waals surface area contributed by atoms with Crippen molar-refractivity contribution in [3.63, 3.8) is 0 Å². The summed E-state index contributed by atoms with van der Waals surface area (Å²) in [5, 5.41) is 0. The van der Waals surface area contributed by atoms with Gasteiger partial charge in [-0.25, -0.2) is 0 Å². The lowest BCUT2D eigenvalue weighted by Crippen LogP contribution is -2.05. The van der Waals surface area contributed by atoms with Gasteiger partial charge in [-0.2, -0.15) is 0 Å². The minimum Gasteiger partial charge on any atom is -0.466 e. The zero-order chi connectivity index (χ0) is 43.3. The van der Waals surface area contributed by atoms with Gasteiger partial charge in [-0.3, -0.25) is 4.79 Å². The minimum absolute atomic E-state index is 0.0288. The van der Waals surface area contributed by atoms with Gasteiger partial charge in [0.1, 0.15) is 0 Å². The van der Waals surface area contributed by atoms with E-state index >= 15 is 0 Å². The van der Waals surface area contributed by atoms with Crippen LogP contribution in [0.15, 0.2) is 12.2 Å². The number of carbonyl (C=O) groups is 1. The number of ether oxygens (including phenoxy) is 1. The van der Waals surface area contributed by atoms with Gasteiger partial charge in [0.15, 0.2) is 0 Å². The van der Waals surface area contributed by atoms with Crippen molar-refractivity contribution < 1.29 is 9.53 Å². The maximum absolute atomic E-state index is 12.1. The summed E-state index contributed by atoms with van der Waals surface area (Å²) in [5.41, 5.74) is 0. The second-order valence-corrected chi connectivity index (χ2v) is 20.1. The highest BCUT2D eigenvalue weighted by Gasteiger charge is 2.03. The smallest absolute Gasteiger partial charge is 0.305 e. The van der Waals surface area contributed by atoms with Gasteiger partial charge in [0, 0.05) is 6.42 Å². The maximum atomic E-state index is 12.1. The van der Waals surface area contributed by atoms with Crippen molar-refractivity contribution in [3.05, 3.63) is 12.2 Å². The number of unbranched alkanes of at least 4 members (excludes halogenated alkanes) is 45. The van der Waals surface area contributed by atoms with E-state index in [-0.39, 0.29) is 5.97 Å². The summed E-state index contributed by atoms with van der Waals surface area (Å²) in [6.45, 7) is 7.61. The zero-order valence-electron chi connectivity index (χ0n) is 42.1. The topological polar surface area (TPSA) is 26.3 Å². The van der Waals surface area contributed by atoms with Crippen molar-refractivity contribution in [1.82, 2.24) is 0 Å². The number of hydrogen-bond acceptors (Lipinski definition) is 2. The molecule has 0 atom stereocenters. The first-order valence-electron chi connectivity index (χ1n) is 28.5. The molecule has 0 saturated heterocycles. The Labute approximate surface area is 380 Å². The third-order valence-corrected chi connectivity index (χ3v) is 13.3. The molecule has 2 nitrogen and oxygen atoms in total. The van der Waals surface area contributed by atoms with Crippen LogP contribution in [0.4, 0.5) is 0 Å². The second-order valence-electron chi connectivity index (χ2n) is 20.1. The van der Waals surface area contributed by atoms with Gasteiger partial charge in [-0.15, -0.1) is 0 Å². The van der Waals surface area contributed by atoms with Gasteiger partial charge in [0.25, 0.3) is 0 Å². The van der Waals surface area contributed by atoms with Crippen molar-refractivity contribution in [2.24, 2.45) is 5.92 Å². The lowest BCUT2D eigenvalue weighted by Gasteiger charge is -2.06. The fraction of sp³-hybridized carbons (Fsp3) is 0.948. The molecule has 358 valence electrons. The predicted molar refractivity (Wildman–Crippen MR) is 271 cm³/mol. The van der Waals surface area contributed by atoms with Crippen LogP contribution >= 0.6 is 0 Å². The lowest BCUT2D eigenvalue weighted by molar-refractivity contribution is -0.143. The number of esters is 1. The van der Waals surface area contributed by atoms with Gasteiger partial charge in [-0.1, -0.05) is 309 Å². The van der Waals surface area contributed by atoms with Gasteiger partial charge in [0.2, 0.25) is 0 Å². The molecule has 0 bridgehead atoms. The van der Waals surface area contributed by atoms with Crippen LogP contribution in [0, 0.1) is 5.92 Å². The van der Waals surface area contributed by atoms with E-state index < -0.39 is 0 Å². The molecule has 0 radical (unpaired) electrons. The van der Waals surface area contributed by atoms with E-state index in [1.165, 1.54) is 302 Å². The SMILES string of the molecule is CCCCCCC=CCCCCCCCCCCCC(=O)OCCCCCCCCCCCCCCCCCCCCCCCCCCCCCCCCCCCC(C)C. The van der Waals surface area contributed by atoms with E-state index in [0.29, 0.717) is 13.0 Å². The van der Waals surface area contributed by atoms with Crippen molar-refractivity contribution in [1.29, 1.82) is 0 Å². The highest BCUT2D eigenvalue weighted by molar-refractivity contribution is 5.69. The Morgan fingerprint density at radius 3 is 0.883 bits per heavy atom. The summed E-state index contributed by atoms with van der Waals surface area (Å²) in [6.07, 6.45) is 73.9. The molecule has 0 saturated carbocycles. The molecule has 0 unspecified atom stereocenters. The third kappa shape index (κ3) is 55.2. The van der Waals surface area contributed by atoms with Gasteiger partial charge in [-0.05, 0) is 44.4 Å². The molecule has 0 N–H and O–H groups in total. The van der Waals surface area contributed by atoms with E-state index in [1.54, 1.807) is 0 Å². The minimum atomic E-state index is 0.0288. The number of carbonyl (C=O) groups excluding carboxylic acids is 1. The molecular weight excluding hydrogens is 729 g/mol. The Kier molecular flexibility index (Phi) is 53.6. The molecule has 0 aromatic rings. The van der Waals surface area contributed by atoms with E-state index in [2.05, 4.69) is 32.9 Å². The monoisotopic (exact) mass is 843 g/mol. The van der Waals surface area contributed by atoms with Gasteiger partial charge in [0.05, 0.1) is 6.61 Å². The van der Waals surface area contributed by atoms with Crippen molar-refractivity contribution in [2.75, 3.05) is 6.61 Å². The van der Waals surface area contributed by atoms with Crippen LogP contribution in [0.2, 0.25) is 0 Å². The average Bonchev–Trinajstić information content (AvgIpc) is 3.24. The molecule has 0 heterocycles. The van der Waals surface area contributed by atoms with Crippen LogP contribution in [-0.2, 0) is 9.53 Å². The molecule has 0 rings (SSSR count). The van der Waals surface area contributed by atoms with Crippen LogP contribution < -0.4 is 0 Å². The number of hydrogen-bond donors (Lipinski definition) is 0. The normalized spacial score (nSPS) is 11.8. The summed E-state index contributed by atoms with van der Waals surface area (Å²) in [5.74, 6) is 0.918. The highest BCUT2D eigenvalue weighted by Crippen LogP contribution is 2.18. The second kappa shape index (κ2) is 54.3. The number of allylic oxidation sites excluding steroid dienone is 2. The molecule has 0 aliphatic rings. The summed E-state index contributed by atoms with van der Waals surface area (Å²) >= 11 is 0. The molecule has 0 fully saturated rings. The molecular formula is C58H114O2. The van der Waals surface area contributed by atoms with Crippen LogP contribution in [0.3, 0.4) is 0 Å². The first kappa shape index (κ1) is 59.2. The molecule has 0 aliphatic heterocycles. The Morgan fingerprint density at radius 1 is 0.333 bits per heavy atom. The van der Waals surface area contributed by atoms with Crippen LogP contribution in [-0.4, -0.2) is 12.6 Å². The number of rotatable bonds is 53. The summed E-state index contributed by atoms with van der Waals surface area (Å²) in [6, 6.07) is 0. The van der Waals surface area contributed by atoms with Crippen molar-refractivity contribution in [3.8, 4) is 0 Å². The molecule has 0 aromatic heterocycles. The molecule has 0 aliphatic carbocycles. The summed E-state index contributed by atoms with van der Waals surface area (Å²) in [4.78, 5) is 12.1. The molecule has 0 amide bonds. The standard InChI is InChI=1S/C58H114O2/c1-4-5-6-7-8-9-10-11-12-30-34-37-40-43-46-49-52-55-58(59)60-56-53-50-47-44-41-38-35-32-29-27-25-23-21-19-17-15-13-14-16-18-20-22-24-26-28-31-33-36-39-42-45-48-51-54-57(2)3/h9-10,57H,4-8,11-56H2,1-3H3. The van der Waals surface area contributed by atoms with Gasteiger partial charge >= 0.3 is 5.97 Å². The maximum Gasteiger partial charge on any atom is 0.305 e. The lowest BCUT2D eigenvalue weighted by atomic mass is 10.0. The van der Waals surface area contributed by atoms with Crippen molar-refractivity contribution in [2.45, 2.75) is 342 Å². The van der Waals surface area contributed by atoms with E-state index in [1.807, 2.05) is 0 Å². The third-order valence-electron chi connectivity index (χ3n) is 13.3. The van der Waals surface area contributed by atoms with Crippen LogP contribution in [0.5, 0.6) is 0 Å². The Morgan fingerprint density at radius 2 is 0.583 bits per heavy atom. The molecule has 2 heteroatoms. The average molecular weight is 844 g/mol. The Balaban J connectivity index is 3.14. The molecule has 60 heavy (non-hydrogen) atoms. The van der Waals surface area contributed by atoms with E-state index in [9.17, 15) is 4.79 Å². The fourth-order valence-electron chi connectivity index (χ4n) is 9.09. The van der Waals surface area contributed by atoms with Crippen molar-refractivity contribution >= 4 is 5.97 Å². The van der Waals surface area contributed by atoms with E-state index in [4.69, 9.17) is 4.74 Å². The predicted octanol–water partition coefficient (Wildman–Crippen LogP) is 21.3. The molecule has 0 spiro atoms. The largest absolute Gasteiger partial charge is 0.466 e.